The Morgan fingerprint density at radius 2 is 2.36 bits per heavy atom. The van der Waals surface area contributed by atoms with E-state index >= 15 is 0 Å². The molecule has 1 rings (SSSR count). The van der Waals surface area contributed by atoms with Gasteiger partial charge in [0, 0.05) is 38.5 Å². The van der Waals surface area contributed by atoms with Crippen molar-refractivity contribution in [2.45, 2.75) is 13.0 Å². The maximum atomic E-state index is 11.2. The highest BCUT2D eigenvalue weighted by molar-refractivity contribution is 7.09. The molecule has 3 nitrogen and oxygen atoms in total. The highest BCUT2D eigenvalue weighted by atomic mass is 32.1. The van der Waals surface area contributed by atoms with Crippen LogP contribution in [0.5, 0.6) is 0 Å². The fourth-order valence-corrected chi connectivity index (χ4v) is 1.72. The first-order valence-electron chi connectivity index (χ1n) is 4.63. The van der Waals surface area contributed by atoms with Crippen LogP contribution >= 0.6 is 11.3 Å². The summed E-state index contributed by atoms with van der Waals surface area (Å²) >= 11 is 1.73. The summed E-state index contributed by atoms with van der Waals surface area (Å²) < 4.78 is 0. The van der Waals surface area contributed by atoms with E-state index in [1.807, 2.05) is 6.07 Å². The van der Waals surface area contributed by atoms with E-state index in [-0.39, 0.29) is 5.91 Å². The average Bonchev–Trinajstić information content (AvgIpc) is 2.64. The standard InChI is InChI=1S/C10H16N2OS/c1-12(2)10(13)5-6-11-8-9-4-3-7-14-9/h3-4,7,11H,5-6,8H2,1-2H3. The van der Waals surface area contributed by atoms with E-state index in [0.29, 0.717) is 6.42 Å². The second-order valence-corrected chi connectivity index (χ2v) is 4.33. The smallest absolute Gasteiger partial charge is 0.223 e. The lowest BCUT2D eigenvalue weighted by molar-refractivity contribution is -0.128. The first-order valence-corrected chi connectivity index (χ1v) is 5.51. The van der Waals surface area contributed by atoms with Crippen molar-refractivity contribution < 1.29 is 4.79 Å². The van der Waals surface area contributed by atoms with E-state index < -0.39 is 0 Å². The zero-order chi connectivity index (χ0) is 10.4. The summed E-state index contributed by atoms with van der Waals surface area (Å²) in [4.78, 5) is 14.1. The molecule has 0 fully saturated rings. The Morgan fingerprint density at radius 1 is 1.57 bits per heavy atom. The Labute approximate surface area is 88.7 Å². The lowest BCUT2D eigenvalue weighted by Crippen LogP contribution is -2.26. The number of thiophene rings is 1. The molecule has 0 saturated carbocycles. The number of hydrogen-bond acceptors (Lipinski definition) is 3. The van der Waals surface area contributed by atoms with Crippen molar-refractivity contribution in [3.63, 3.8) is 0 Å². The third-order valence-electron chi connectivity index (χ3n) is 1.89. The molecule has 0 unspecified atom stereocenters. The van der Waals surface area contributed by atoms with Crippen LogP contribution in [0.3, 0.4) is 0 Å². The molecule has 0 aromatic carbocycles. The van der Waals surface area contributed by atoms with Gasteiger partial charge in [-0.1, -0.05) is 6.07 Å². The SMILES string of the molecule is CN(C)C(=O)CCNCc1cccs1. The predicted octanol–water partition coefficient (Wildman–Crippen LogP) is 1.32. The van der Waals surface area contributed by atoms with E-state index in [2.05, 4.69) is 16.8 Å². The van der Waals surface area contributed by atoms with Gasteiger partial charge in [0.2, 0.25) is 5.91 Å². The number of carbonyl (C=O) groups excluding carboxylic acids is 1. The van der Waals surface area contributed by atoms with Gasteiger partial charge in [0.15, 0.2) is 0 Å². The van der Waals surface area contributed by atoms with Crippen LogP contribution < -0.4 is 5.32 Å². The zero-order valence-electron chi connectivity index (χ0n) is 8.62. The van der Waals surface area contributed by atoms with Crippen LogP contribution in [0.2, 0.25) is 0 Å². The van der Waals surface area contributed by atoms with Crippen molar-refractivity contribution in [2.24, 2.45) is 0 Å². The van der Waals surface area contributed by atoms with Gasteiger partial charge in [-0.3, -0.25) is 4.79 Å². The van der Waals surface area contributed by atoms with Gasteiger partial charge in [-0.25, -0.2) is 0 Å². The third kappa shape index (κ3) is 3.89. The van der Waals surface area contributed by atoms with E-state index in [4.69, 9.17) is 0 Å². The lowest BCUT2D eigenvalue weighted by atomic mass is 10.3. The summed E-state index contributed by atoms with van der Waals surface area (Å²) in [7, 11) is 3.56. The molecule has 0 atom stereocenters. The first kappa shape index (κ1) is 11.2. The molecule has 14 heavy (non-hydrogen) atoms. The van der Waals surface area contributed by atoms with Gasteiger partial charge in [0.1, 0.15) is 0 Å². The Bertz CT molecular complexity index is 270. The van der Waals surface area contributed by atoms with Gasteiger partial charge >= 0.3 is 0 Å². The summed E-state index contributed by atoms with van der Waals surface area (Å²) in [5, 5.41) is 5.29. The molecule has 0 bridgehead atoms. The van der Waals surface area contributed by atoms with Crippen LogP contribution in [0, 0.1) is 0 Å². The molecule has 4 heteroatoms. The number of rotatable bonds is 5. The number of nitrogens with one attached hydrogen (secondary N) is 1. The van der Waals surface area contributed by atoms with Gasteiger partial charge < -0.3 is 10.2 Å². The lowest BCUT2D eigenvalue weighted by Gasteiger charge is -2.09. The molecule has 1 amide bonds. The van der Waals surface area contributed by atoms with Crippen molar-refractivity contribution in [1.29, 1.82) is 0 Å². The molecule has 0 aliphatic heterocycles. The van der Waals surface area contributed by atoms with Crippen LogP contribution in [0.4, 0.5) is 0 Å². The van der Waals surface area contributed by atoms with Crippen molar-refractivity contribution >= 4 is 17.2 Å². The summed E-state index contributed by atoms with van der Waals surface area (Å²) in [5.74, 6) is 0.170. The molecule has 0 aliphatic rings. The minimum atomic E-state index is 0.170. The molecule has 0 aliphatic carbocycles. The Balaban J connectivity index is 2.08. The molecular formula is C10H16N2OS. The van der Waals surface area contributed by atoms with E-state index in [9.17, 15) is 4.79 Å². The van der Waals surface area contributed by atoms with Crippen molar-refractivity contribution in [1.82, 2.24) is 10.2 Å². The summed E-state index contributed by atoms with van der Waals surface area (Å²) in [5.41, 5.74) is 0. The maximum absolute atomic E-state index is 11.2. The molecule has 1 aromatic heterocycles. The van der Waals surface area contributed by atoms with Crippen LogP contribution in [0.15, 0.2) is 17.5 Å². The molecular weight excluding hydrogens is 196 g/mol. The largest absolute Gasteiger partial charge is 0.349 e. The number of carbonyl (C=O) groups is 1. The molecule has 0 spiro atoms. The zero-order valence-corrected chi connectivity index (χ0v) is 9.43. The summed E-state index contributed by atoms with van der Waals surface area (Å²) in [6, 6.07) is 4.12. The number of nitrogens with zero attached hydrogens (tertiary/aromatic N) is 1. The quantitative estimate of drug-likeness (QED) is 0.747. The van der Waals surface area contributed by atoms with E-state index in [0.717, 1.165) is 13.1 Å². The first-order chi connectivity index (χ1) is 6.70. The van der Waals surface area contributed by atoms with Crippen LogP contribution in [0.1, 0.15) is 11.3 Å². The summed E-state index contributed by atoms with van der Waals surface area (Å²) in [6.45, 7) is 1.60. The second kappa shape index (κ2) is 5.78. The molecule has 1 heterocycles. The average molecular weight is 212 g/mol. The fraction of sp³-hybridized carbons (Fsp3) is 0.500. The minimum absolute atomic E-state index is 0.170. The van der Waals surface area contributed by atoms with Crippen molar-refractivity contribution in [3.8, 4) is 0 Å². The number of hydrogen-bond donors (Lipinski definition) is 1. The van der Waals surface area contributed by atoms with E-state index in [1.165, 1.54) is 4.88 Å². The fourth-order valence-electron chi connectivity index (χ4n) is 1.04. The highest BCUT2D eigenvalue weighted by Gasteiger charge is 2.02. The molecule has 78 valence electrons. The molecule has 0 radical (unpaired) electrons. The number of amides is 1. The van der Waals surface area contributed by atoms with Gasteiger partial charge in [-0.05, 0) is 11.4 Å². The van der Waals surface area contributed by atoms with Crippen LogP contribution in [-0.2, 0) is 11.3 Å². The Kier molecular flexibility index (Phi) is 4.62. The molecule has 1 N–H and O–H groups in total. The monoisotopic (exact) mass is 212 g/mol. The predicted molar refractivity (Wildman–Crippen MR) is 59.3 cm³/mol. The molecule has 0 saturated heterocycles. The van der Waals surface area contributed by atoms with Gasteiger partial charge in [-0.15, -0.1) is 11.3 Å². The minimum Gasteiger partial charge on any atom is -0.349 e. The maximum Gasteiger partial charge on any atom is 0.223 e. The van der Waals surface area contributed by atoms with Crippen LogP contribution in [0.25, 0.3) is 0 Å². The van der Waals surface area contributed by atoms with Gasteiger partial charge in [-0.2, -0.15) is 0 Å². The van der Waals surface area contributed by atoms with Crippen molar-refractivity contribution in [2.75, 3.05) is 20.6 Å². The second-order valence-electron chi connectivity index (χ2n) is 3.29. The normalized spacial score (nSPS) is 10.1. The van der Waals surface area contributed by atoms with Gasteiger partial charge in [0.25, 0.3) is 0 Å². The van der Waals surface area contributed by atoms with Crippen LogP contribution in [-0.4, -0.2) is 31.4 Å². The third-order valence-corrected chi connectivity index (χ3v) is 2.77. The Hall–Kier alpha value is -0.870. The highest BCUT2D eigenvalue weighted by Crippen LogP contribution is 2.07. The van der Waals surface area contributed by atoms with Gasteiger partial charge in [0.05, 0.1) is 0 Å². The Morgan fingerprint density at radius 3 is 2.93 bits per heavy atom. The summed E-state index contributed by atoms with van der Waals surface area (Å²) in [6.07, 6.45) is 0.568. The molecule has 1 aromatic rings. The topological polar surface area (TPSA) is 32.3 Å². The van der Waals surface area contributed by atoms with Crippen molar-refractivity contribution in [3.05, 3.63) is 22.4 Å². The van der Waals surface area contributed by atoms with E-state index in [1.54, 1.807) is 30.3 Å².